The molecule has 3 heteroatoms. The predicted octanol–water partition coefficient (Wildman–Crippen LogP) is 4.14. The van der Waals surface area contributed by atoms with E-state index in [2.05, 4.69) is 29.3 Å². The van der Waals surface area contributed by atoms with Crippen molar-refractivity contribution in [2.24, 2.45) is 0 Å². The average Bonchev–Trinajstić information content (AvgIpc) is 2.78. The molecule has 1 heterocycles. The summed E-state index contributed by atoms with van der Waals surface area (Å²) in [6.07, 6.45) is 0. The third-order valence-corrected chi connectivity index (χ3v) is 3.79. The van der Waals surface area contributed by atoms with Gasteiger partial charge in [-0.1, -0.05) is 18.2 Å². The van der Waals surface area contributed by atoms with E-state index in [1.807, 2.05) is 31.2 Å². The maximum atomic E-state index is 8.78. The first kappa shape index (κ1) is 10.9. The van der Waals surface area contributed by atoms with E-state index >= 15 is 0 Å². The van der Waals surface area contributed by atoms with Crippen molar-refractivity contribution in [1.29, 1.82) is 5.26 Å². The molecule has 0 aliphatic rings. The average molecular weight is 250 g/mol. The zero-order chi connectivity index (χ0) is 12.5. The summed E-state index contributed by atoms with van der Waals surface area (Å²) >= 11 is 1.71. The molecule has 0 saturated heterocycles. The highest BCUT2D eigenvalue weighted by molar-refractivity contribution is 7.18. The normalized spacial score (nSPS) is 10.4. The van der Waals surface area contributed by atoms with Gasteiger partial charge in [0.2, 0.25) is 0 Å². The number of nitrogens with zero attached hydrogens (tertiary/aromatic N) is 2. The molecule has 0 fully saturated rings. The van der Waals surface area contributed by atoms with E-state index < -0.39 is 0 Å². The van der Waals surface area contributed by atoms with Crippen LogP contribution in [0.15, 0.2) is 42.5 Å². The highest BCUT2D eigenvalue weighted by Crippen LogP contribution is 2.27. The molecule has 0 saturated carbocycles. The second-order valence-electron chi connectivity index (χ2n) is 4.10. The van der Waals surface area contributed by atoms with Crippen molar-refractivity contribution < 1.29 is 0 Å². The fourth-order valence-corrected chi connectivity index (χ4v) is 2.77. The Morgan fingerprint density at radius 2 is 1.78 bits per heavy atom. The number of hydrogen-bond acceptors (Lipinski definition) is 3. The SMILES string of the molecule is Cc1nc2cc(-c3ccc(C#N)cc3)ccc2s1. The standard InChI is InChI=1S/C15H10N2S/c1-10-17-14-8-13(6-7-15(14)18-10)12-4-2-11(9-16)3-5-12/h2-8H,1H3. The van der Waals surface area contributed by atoms with Crippen LogP contribution in [0.4, 0.5) is 0 Å². The summed E-state index contributed by atoms with van der Waals surface area (Å²) in [7, 11) is 0. The molecule has 1 aromatic heterocycles. The van der Waals surface area contributed by atoms with Gasteiger partial charge < -0.3 is 0 Å². The molecule has 0 N–H and O–H groups in total. The molecule has 3 rings (SSSR count). The number of hydrogen-bond donors (Lipinski definition) is 0. The quantitative estimate of drug-likeness (QED) is 0.650. The van der Waals surface area contributed by atoms with Gasteiger partial charge in [0, 0.05) is 0 Å². The summed E-state index contributed by atoms with van der Waals surface area (Å²) in [4.78, 5) is 4.50. The minimum absolute atomic E-state index is 0.685. The summed E-state index contributed by atoms with van der Waals surface area (Å²) in [5, 5.41) is 9.87. The van der Waals surface area contributed by atoms with Crippen LogP contribution in [0.2, 0.25) is 0 Å². The second-order valence-corrected chi connectivity index (χ2v) is 5.34. The van der Waals surface area contributed by atoms with Gasteiger partial charge in [-0.05, 0) is 42.3 Å². The summed E-state index contributed by atoms with van der Waals surface area (Å²) < 4.78 is 1.21. The van der Waals surface area contributed by atoms with Gasteiger partial charge in [-0.3, -0.25) is 0 Å². The van der Waals surface area contributed by atoms with E-state index in [9.17, 15) is 0 Å². The van der Waals surface area contributed by atoms with Crippen molar-refractivity contribution in [3.8, 4) is 17.2 Å². The molecular weight excluding hydrogens is 240 g/mol. The van der Waals surface area contributed by atoms with E-state index in [1.165, 1.54) is 4.70 Å². The lowest BCUT2D eigenvalue weighted by Gasteiger charge is -2.01. The predicted molar refractivity (Wildman–Crippen MR) is 74.5 cm³/mol. The number of aromatic nitrogens is 1. The number of aryl methyl sites for hydroxylation is 1. The number of nitriles is 1. The molecule has 0 bridgehead atoms. The molecule has 0 amide bonds. The van der Waals surface area contributed by atoms with Crippen LogP contribution >= 0.6 is 11.3 Å². The van der Waals surface area contributed by atoms with Crippen molar-refractivity contribution in [3.63, 3.8) is 0 Å². The van der Waals surface area contributed by atoms with Crippen LogP contribution in [-0.2, 0) is 0 Å². The van der Waals surface area contributed by atoms with Gasteiger partial charge in [0.15, 0.2) is 0 Å². The maximum Gasteiger partial charge on any atom is 0.0991 e. The van der Waals surface area contributed by atoms with Crippen LogP contribution in [-0.4, -0.2) is 4.98 Å². The first-order chi connectivity index (χ1) is 8.76. The van der Waals surface area contributed by atoms with Crippen LogP contribution in [0.25, 0.3) is 21.3 Å². The van der Waals surface area contributed by atoms with Crippen molar-refractivity contribution in [1.82, 2.24) is 4.98 Å². The first-order valence-electron chi connectivity index (χ1n) is 5.64. The number of thiazole rings is 1. The molecule has 3 aromatic rings. The van der Waals surface area contributed by atoms with Gasteiger partial charge in [0.25, 0.3) is 0 Å². The number of rotatable bonds is 1. The molecule has 18 heavy (non-hydrogen) atoms. The summed E-state index contributed by atoms with van der Waals surface area (Å²) in [6.45, 7) is 2.02. The first-order valence-corrected chi connectivity index (χ1v) is 6.45. The van der Waals surface area contributed by atoms with Gasteiger partial charge in [-0.2, -0.15) is 5.26 Å². The van der Waals surface area contributed by atoms with Crippen LogP contribution in [0.3, 0.4) is 0 Å². The Bertz CT molecular complexity index is 748. The van der Waals surface area contributed by atoms with Crippen LogP contribution in [0.5, 0.6) is 0 Å². The monoisotopic (exact) mass is 250 g/mol. The van der Waals surface area contributed by atoms with Crippen molar-refractivity contribution in [3.05, 3.63) is 53.0 Å². The van der Waals surface area contributed by atoms with Crippen LogP contribution < -0.4 is 0 Å². The summed E-state index contributed by atoms with van der Waals surface area (Å²) in [5.41, 5.74) is 3.97. The van der Waals surface area contributed by atoms with Gasteiger partial charge in [-0.15, -0.1) is 11.3 Å². The Kier molecular flexibility index (Phi) is 2.58. The lowest BCUT2D eigenvalue weighted by molar-refractivity contribution is 1.35. The Morgan fingerprint density at radius 1 is 1.06 bits per heavy atom. The van der Waals surface area contributed by atoms with Crippen LogP contribution in [0, 0.1) is 18.3 Å². The molecule has 0 radical (unpaired) electrons. The smallest absolute Gasteiger partial charge is 0.0991 e. The van der Waals surface area contributed by atoms with Crippen LogP contribution in [0.1, 0.15) is 10.6 Å². The molecule has 86 valence electrons. The summed E-state index contributed by atoms with van der Waals surface area (Å²) in [6, 6.07) is 16.0. The molecule has 2 nitrogen and oxygen atoms in total. The Morgan fingerprint density at radius 3 is 2.50 bits per heavy atom. The molecular formula is C15H10N2S. The topological polar surface area (TPSA) is 36.7 Å². The lowest BCUT2D eigenvalue weighted by Crippen LogP contribution is -1.79. The van der Waals surface area contributed by atoms with Gasteiger partial charge in [-0.25, -0.2) is 4.98 Å². The van der Waals surface area contributed by atoms with E-state index in [0.717, 1.165) is 21.7 Å². The molecule has 0 aliphatic carbocycles. The third kappa shape index (κ3) is 1.87. The number of benzene rings is 2. The third-order valence-electron chi connectivity index (χ3n) is 2.84. The van der Waals surface area contributed by atoms with Crippen molar-refractivity contribution in [2.45, 2.75) is 6.92 Å². The van der Waals surface area contributed by atoms with Gasteiger partial charge in [0.1, 0.15) is 0 Å². The molecule has 0 spiro atoms. The Balaban J connectivity index is 2.10. The minimum Gasteiger partial charge on any atom is -0.241 e. The highest BCUT2D eigenvalue weighted by atomic mass is 32.1. The number of fused-ring (bicyclic) bond motifs is 1. The van der Waals surface area contributed by atoms with Gasteiger partial charge in [0.05, 0.1) is 26.9 Å². The zero-order valence-corrected chi connectivity index (χ0v) is 10.7. The van der Waals surface area contributed by atoms with Gasteiger partial charge >= 0.3 is 0 Å². The molecule has 0 aliphatic heterocycles. The molecule has 0 unspecified atom stereocenters. The van der Waals surface area contributed by atoms with E-state index in [0.29, 0.717) is 5.56 Å². The van der Waals surface area contributed by atoms with Crippen molar-refractivity contribution in [2.75, 3.05) is 0 Å². The fraction of sp³-hybridized carbons (Fsp3) is 0.0667. The maximum absolute atomic E-state index is 8.78. The van der Waals surface area contributed by atoms with E-state index in [4.69, 9.17) is 5.26 Å². The lowest BCUT2D eigenvalue weighted by atomic mass is 10.0. The fourth-order valence-electron chi connectivity index (χ4n) is 1.96. The van der Waals surface area contributed by atoms with E-state index in [1.54, 1.807) is 11.3 Å². The Hall–Kier alpha value is -2.18. The van der Waals surface area contributed by atoms with Crippen molar-refractivity contribution >= 4 is 21.6 Å². The highest BCUT2D eigenvalue weighted by Gasteiger charge is 2.03. The Labute approximate surface area is 109 Å². The second kappa shape index (κ2) is 4.25. The molecule has 2 aromatic carbocycles. The summed E-state index contributed by atoms with van der Waals surface area (Å²) in [5.74, 6) is 0. The van der Waals surface area contributed by atoms with E-state index in [-0.39, 0.29) is 0 Å². The largest absolute Gasteiger partial charge is 0.241 e. The zero-order valence-electron chi connectivity index (χ0n) is 9.84. The molecule has 0 atom stereocenters. The minimum atomic E-state index is 0.685.